The Morgan fingerprint density at radius 3 is 3.31 bits per heavy atom. The Morgan fingerprint density at radius 1 is 1.62 bits per heavy atom. The second kappa shape index (κ2) is 4.75. The summed E-state index contributed by atoms with van der Waals surface area (Å²) in [7, 11) is 1.67. The van der Waals surface area contributed by atoms with Gasteiger partial charge in [-0.25, -0.2) is 19.3 Å². The average molecular weight is 223 g/mol. The fraction of sp³-hybridized carbons (Fsp3) is 0.444. The zero-order valence-corrected chi connectivity index (χ0v) is 8.93. The van der Waals surface area contributed by atoms with Crippen LogP contribution in [0.3, 0.4) is 0 Å². The van der Waals surface area contributed by atoms with E-state index in [1.807, 2.05) is 0 Å². The number of rotatable bonds is 5. The van der Waals surface area contributed by atoms with Crippen LogP contribution >= 0.6 is 0 Å². The summed E-state index contributed by atoms with van der Waals surface area (Å²) in [5.74, 6) is 0.697. The quantitative estimate of drug-likeness (QED) is 0.689. The normalized spacial score (nSPS) is 10.8. The van der Waals surface area contributed by atoms with Crippen LogP contribution in [0.5, 0.6) is 0 Å². The number of nitrogens with zero attached hydrogens (tertiary/aromatic N) is 3. The van der Waals surface area contributed by atoms with E-state index in [1.54, 1.807) is 13.2 Å². The number of fused-ring (bicyclic) bond motifs is 1. The number of hydrogen-bond acceptors (Lipinski definition) is 5. The SMILES string of the molecule is COCCCNc1cc2n[nH]c(=O)n2cn1. The van der Waals surface area contributed by atoms with Crippen molar-refractivity contribution in [3.05, 3.63) is 22.9 Å². The third-order valence-electron chi connectivity index (χ3n) is 2.14. The Balaban J connectivity index is 2.05. The largest absolute Gasteiger partial charge is 0.385 e. The highest BCUT2D eigenvalue weighted by atomic mass is 16.5. The van der Waals surface area contributed by atoms with E-state index in [0.29, 0.717) is 18.1 Å². The van der Waals surface area contributed by atoms with E-state index in [4.69, 9.17) is 4.74 Å². The number of aromatic nitrogens is 4. The molecule has 0 spiro atoms. The van der Waals surface area contributed by atoms with Gasteiger partial charge >= 0.3 is 5.69 Å². The van der Waals surface area contributed by atoms with Crippen molar-refractivity contribution in [1.29, 1.82) is 0 Å². The number of nitrogens with one attached hydrogen (secondary N) is 2. The predicted molar refractivity (Wildman–Crippen MR) is 58.6 cm³/mol. The summed E-state index contributed by atoms with van der Waals surface area (Å²) < 4.78 is 6.28. The molecule has 0 fully saturated rings. The minimum atomic E-state index is -0.284. The lowest BCUT2D eigenvalue weighted by molar-refractivity contribution is 0.198. The van der Waals surface area contributed by atoms with Crippen LogP contribution in [0.15, 0.2) is 17.2 Å². The molecule has 0 bridgehead atoms. The molecule has 0 atom stereocenters. The van der Waals surface area contributed by atoms with E-state index < -0.39 is 0 Å². The van der Waals surface area contributed by atoms with E-state index in [9.17, 15) is 4.79 Å². The molecule has 0 saturated carbocycles. The third kappa shape index (κ3) is 2.19. The van der Waals surface area contributed by atoms with Crippen molar-refractivity contribution in [2.75, 3.05) is 25.6 Å². The molecular weight excluding hydrogens is 210 g/mol. The lowest BCUT2D eigenvalue weighted by Crippen LogP contribution is -2.11. The van der Waals surface area contributed by atoms with Crippen LogP contribution in [0.25, 0.3) is 5.65 Å². The number of methoxy groups -OCH3 is 1. The van der Waals surface area contributed by atoms with Crippen molar-refractivity contribution in [2.45, 2.75) is 6.42 Å². The molecule has 86 valence electrons. The Bertz CT molecular complexity index is 518. The van der Waals surface area contributed by atoms with Crippen molar-refractivity contribution in [3.8, 4) is 0 Å². The number of hydrogen-bond donors (Lipinski definition) is 2. The van der Waals surface area contributed by atoms with E-state index in [2.05, 4.69) is 20.5 Å². The highest BCUT2D eigenvalue weighted by molar-refractivity contribution is 5.48. The summed E-state index contributed by atoms with van der Waals surface area (Å²) >= 11 is 0. The number of anilines is 1. The van der Waals surface area contributed by atoms with Crippen LogP contribution in [0, 0.1) is 0 Å². The first-order valence-corrected chi connectivity index (χ1v) is 4.97. The molecule has 0 saturated heterocycles. The van der Waals surface area contributed by atoms with Crippen molar-refractivity contribution < 1.29 is 4.74 Å². The maximum absolute atomic E-state index is 11.2. The van der Waals surface area contributed by atoms with E-state index in [0.717, 1.165) is 13.0 Å². The fourth-order valence-electron chi connectivity index (χ4n) is 1.34. The van der Waals surface area contributed by atoms with Crippen LogP contribution in [-0.4, -0.2) is 39.8 Å². The summed E-state index contributed by atoms with van der Waals surface area (Å²) in [6, 6.07) is 1.71. The second-order valence-corrected chi connectivity index (χ2v) is 3.30. The van der Waals surface area contributed by atoms with Gasteiger partial charge in [0.05, 0.1) is 0 Å². The molecule has 7 nitrogen and oxygen atoms in total. The molecule has 7 heteroatoms. The van der Waals surface area contributed by atoms with Gasteiger partial charge in [0.25, 0.3) is 0 Å². The summed E-state index contributed by atoms with van der Waals surface area (Å²) in [5, 5.41) is 9.31. The molecule has 0 aliphatic rings. The molecule has 0 aromatic carbocycles. The summed E-state index contributed by atoms with van der Waals surface area (Å²) in [5.41, 5.74) is 0.266. The second-order valence-electron chi connectivity index (χ2n) is 3.30. The summed E-state index contributed by atoms with van der Waals surface area (Å²) in [4.78, 5) is 15.2. The van der Waals surface area contributed by atoms with Crippen molar-refractivity contribution in [3.63, 3.8) is 0 Å². The van der Waals surface area contributed by atoms with Crippen molar-refractivity contribution >= 4 is 11.5 Å². The third-order valence-corrected chi connectivity index (χ3v) is 2.14. The van der Waals surface area contributed by atoms with Crippen LogP contribution in [0.1, 0.15) is 6.42 Å². The molecule has 2 aromatic heterocycles. The lowest BCUT2D eigenvalue weighted by atomic mass is 10.4. The smallest absolute Gasteiger partial charge is 0.348 e. The highest BCUT2D eigenvalue weighted by Gasteiger charge is 2.01. The fourth-order valence-corrected chi connectivity index (χ4v) is 1.34. The van der Waals surface area contributed by atoms with Gasteiger partial charge in [-0.1, -0.05) is 0 Å². The summed E-state index contributed by atoms with van der Waals surface area (Å²) in [6.45, 7) is 1.47. The first kappa shape index (κ1) is 10.6. The average Bonchev–Trinajstić information content (AvgIpc) is 2.66. The molecule has 0 amide bonds. The molecule has 2 aromatic rings. The van der Waals surface area contributed by atoms with E-state index >= 15 is 0 Å². The number of H-pyrrole nitrogens is 1. The Kier molecular flexibility index (Phi) is 3.16. The first-order valence-electron chi connectivity index (χ1n) is 4.97. The first-order chi connectivity index (χ1) is 7.81. The zero-order chi connectivity index (χ0) is 11.4. The van der Waals surface area contributed by atoms with Crippen molar-refractivity contribution in [2.24, 2.45) is 0 Å². The van der Waals surface area contributed by atoms with Crippen LogP contribution in [0.4, 0.5) is 5.82 Å². The number of aromatic amines is 1. The summed E-state index contributed by atoms with van der Waals surface area (Å²) in [6.07, 6.45) is 2.34. The van der Waals surface area contributed by atoms with Gasteiger partial charge in [0.2, 0.25) is 0 Å². The minimum Gasteiger partial charge on any atom is -0.385 e. The van der Waals surface area contributed by atoms with Gasteiger partial charge in [0.15, 0.2) is 5.65 Å². The molecule has 16 heavy (non-hydrogen) atoms. The van der Waals surface area contributed by atoms with Gasteiger partial charge in [0, 0.05) is 26.3 Å². The van der Waals surface area contributed by atoms with E-state index in [1.165, 1.54) is 10.7 Å². The molecule has 0 aliphatic carbocycles. The van der Waals surface area contributed by atoms with Gasteiger partial charge in [-0.2, -0.15) is 5.10 Å². The van der Waals surface area contributed by atoms with Gasteiger partial charge in [-0.15, -0.1) is 0 Å². The van der Waals surface area contributed by atoms with Gasteiger partial charge in [-0.05, 0) is 6.42 Å². The molecule has 2 N–H and O–H groups in total. The van der Waals surface area contributed by atoms with Gasteiger partial charge in [0.1, 0.15) is 12.1 Å². The number of ether oxygens (including phenoxy) is 1. The lowest BCUT2D eigenvalue weighted by Gasteiger charge is -2.04. The minimum absolute atomic E-state index is 0.284. The van der Waals surface area contributed by atoms with Crippen LogP contribution in [0.2, 0.25) is 0 Å². The zero-order valence-electron chi connectivity index (χ0n) is 8.93. The van der Waals surface area contributed by atoms with Crippen molar-refractivity contribution in [1.82, 2.24) is 19.6 Å². The van der Waals surface area contributed by atoms with Gasteiger partial charge < -0.3 is 10.1 Å². The molecule has 0 unspecified atom stereocenters. The van der Waals surface area contributed by atoms with Crippen LogP contribution in [-0.2, 0) is 4.74 Å². The maximum atomic E-state index is 11.2. The Morgan fingerprint density at radius 2 is 2.50 bits per heavy atom. The Labute approximate surface area is 91.5 Å². The molecule has 2 heterocycles. The molecular formula is C9H13N5O2. The molecule has 0 radical (unpaired) electrons. The van der Waals surface area contributed by atoms with Gasteiger partial charge in [-0.3, -0.25) is 0 Å². The Hall–Kier alpha value is -1.89. The monoisotopic (exact) mass is 223 g/mol. The van der Waals surface area contributed by atoms with E-state index in [-0.39, 0.29) is 5.69 Å². The molecule has 2 rings (SSSR count). The highest BCUT2D eigenvalue weighted by Crippen LogP contribution is 2.03. The topological polar surface area (TPSA) is 84.3 Å². The molecule has 0 aliphatic heterocycles. The maximum Gasteiger partial charge on any atom is 0.348 e. The van der Waals surface area contributed by atoms with Crippen LogP contribution < -0.4 is 11.0 Å². The standard InChI is InChI=1S/C9H13N5O2/c1-16-4-2-3-10-7-5-8-12-13-9(15)14(8)6-11-7/h5-6,10H,2-4H2,1H3,(H,13,15). The predicted octanol–water partition coefficient (Wildman–Crippen LogP) is -0.134.